The number of nitrogens with one attached hydrogen (secondary N) is 1. The molecule has 0 saturated heterocycles. The maximum absolute atomic E-state index is 5.62. The van der Waals surface area contributed by atoms with Gasteiger partial charge >= 0.3 is 0 Å². The van der Waals surface area contributed by atoms with Crippen molar-refractivity contribution in [2.75, 3.05) is 11.9 Å². The zero-order valence-electron chi connectivity index (χ0n) is 10.6. The normalized spacial score (nSPS) is 16.3. The first-order chi connectivity index (χ1) is 8.56. The Labute approximate surface area is 122 Å². The van der Waals surface area contributed by atoms with E-state index < -0.39 is 0 Å². The molecule has 2 rings (SSSR count). The van der Waals surface area contributed by atoms with Gasteiger partial charge in [-0.25, -0.2) is 0 Å². The van der Waals surface area contributed by atoms with Crippen molar-refractivity contribution >= 4 is 38.8 Å². The Morgan fingerprint density at radius 2 is 2.22 bits per heavy atom. The molecule has 0 atom stereocenters. The van der Waals surface area contributed by atoms with Crippen molar-refractivity contribution in [2.45, 2.75) is 32.6 Å². The van der Waals surface area contributed by atoms with E-state index in [1.54, 1.807) is 0 Å². The summed E-state index contributed by atoms with van der Waals surface area (Å²) in [6.45, 7) is 3.32. The van der Waals surface area contributed by atoms with Gasteiger partial charge in [0.05, 0.1) is 0 Å². The minimum absolute atomic E-state index is 0.437. The molecule has 98 valence electrons. The summed E-state index contributed by atoms with van der Waals surface area (Å²) in [5, 5.41) is 3.54. The van der Waals surface area contributed by atoms with Gasteiger partial charge in [-0.1, -0.05) is 25.6 Å². The summed E-state index contributed by atoms with van der Waals surface area (Å²) in [6.07, 6.45) is 5.30. The molecule has 0 amide bonds. The van der Waals surface area contributed by atoms with Crippen molar-refractivity contribution in [1.82, 2.24) is 0 Å². The van der Waals surface area contributed by atoms with Crippen LogP contribution in [0, 0.1) is 5.41 Å². The average Bonchev–Trinajstić information content (AvgIpc) is 3.08. The molecule has 1 aromatic rings. The fourth-order valence-corrected chi connectivity index (χ4v) is 2.96. The van der Waals surface area contributed by atoms with Crippen LogP contribution in [-0.2, 0) is 0 Å². The Morgan fingerprint density at radius 3 is 2.72 bits per heavy atom. The average molecular weight is 327 g/mol. The molecule has 1 aromatic carbocycles. The molecule has 0 heterocycles. The van der Waals surface area contributed by atoms with Gasteiger partial charge in [-0.05, 0) is 58.8 Å². The molecule has 1 fully saturated rings. The van der Waals surface area contributed by atoms with Crippen molar-refractivity contribution in [1.29, 1.82) is 0 Å². The van der Waals surface area contributed by atoms with Crippen molar-refractivity contribution < 1.29 is 0 Å². The molecule has 0 aliphatic heterocycles. The summed E-state index contributed by atoms with van der Waals surface area (Å²) in [4.78, 5) is 0.437. The molecule has 1 saturated carbocycles. The SMILES string of the molecule is CCCC1(CNc2ccc(C(N)=S)cc2Br)CC1. The molecular formula is C14H19BrN2S. The van der Waals surface area contributed by atoms with E-state index in [1.165, 1.54) is 25.7 Å². The Morgan fingerprint density at radius 1 is 1.50 bits per heavy atom. The Balaban J connectivity index is 2.00. The van der Waals surface area contributed by atoms with Gasteiger partial charge in [0.15, 0.2) is 0 Å². The molecule has 0 spiro atoms. The summed E-state index contributed by atoms with van der Waals surface area (Å²) in [5.41, 5.74) is 8.19. The van der Waals surface area contributed by atoms with Crippen LogP contribution in [0.4, 0.5) is 5.69 Å². The quantitative estimate of drug-likeness (QED) is 0.774. The van der Waals surface area contributed by atoms with Crippen LogP contribution in [0.5, 0.6) is 0 Å². The van der Waals surface area contributed by atoms with Crippen LogP contribution in [0.25, 0.3) is 0 Å². The van der Waals surface area contributed by atoms with E-state index in [0.717, 1.165) is 22.3 Å². The topological polar surface area (TPSA) is 38.0 Å². The van der Waals surface area contributed by atoms with E-state index in [0.29, 0.717) is 10.4 Å². The summed E-state index contributed by atoms with van der Waals surface area (Å²) in [6, 6.07) is 5.99. The van der Waals surface area contributed by atoms with E-state index >= 15 is 0 Å². The number of rotatable bonds is 6. The maximum Gasteiger partial charge on any atom is 0.104 e. The number of benzene rings is 1. The lowest BCUT2D eigenvalue weighted by Gasteiger charge is -2.17. The molecule has 1 aliphatic carbocycles. The van der Waals surface area contributed by atoms with Crippen LogP contribution in [0.15, 0.2) is 22.7 Å². The summed E-state index contributed by atoms with van der Waals surface area (Å²) < 4.78 is 1.03. The first-order valence-corrected chi connectivity index (χ1v) is 7.60. The first-order valence-electron chi connectivity index (χ1n) is 6.39. The lowest BCUT2D eigenvalue weighted by Crippen LogP contribution is -2.16. The minimum atomic E-state index is 0.437. The predicted molar refractivity (Wildman–Crippen MR) is 85.1 cm³/mol. The second-order valence-electron chi connectivity index (χ2n) is 5.16. The van der Waals surface area contributed by atoms with Gasteiger partial charge in [-0.15, -0.1) is 0 Å². The fraction of sp³-hybridized carbons (Fsp3) is 0.500. The van der Waals surface area contributed by atoms with Crippen molar-refractivity contribution in [3.05, 3.63) is 28.2 Å². The first kappa shape index (κ1) is 13.8. The summed E-state index contributed by atoms with van der Waals surface area (Å²) >= 11 is 8.53. The zero-order chi connectivity index (χ0) is 13.2. The van der Waals surface area contributed by atoms with Gasteiger partial charge < -0.3 is 11.1 Å². The maximum atomic E-state index is 5.62. The van der Waals surface area contributed by atoms with Crippen LogP contribution in [0.2, 0.25) is 0 Å². The highest BCUT2D eigenvalue weighted by Crippen LogP contribution is 2.49. The van der Waals surface area contributed by atoms with Gasteiger partial charge in [0.1, 0.15) is 4.99 Å². The van der Waals surface area contributed by atoms with Crippen molar-refractivity contribution in [3.8, 4) is 0 Å². The molecule has 0 aromatic heterocycles. The molecule has 4 heteroatoms. The number of nitrogens with two attached hydrogens (primary N) is 1. The third-order valence-corrected chi connectivity index (χ3v) is 4.54. The van der Waals surface area contributed by atoms with E-state index in [-0.39, 0.29) is 0 Å². The van der Waals surface area contributed by atoms with Gasteiger partial charge in [0.2, 0.25) is 0 Å². The monoisotopic (exact) mass is 326 g/mol. The minimum Gasteiger partial charge on any atom is -0.389 e. The van der Waals surface area contributed by atoms with E-state index in [4.69, 9.17) is 18.0 Å². The van der Waals surface area contributed by atoms with E-state index in [1.807, 2.05) is 18.2 Å². The number of thiocarbonyl (C=S) groups is 1. The molecule has 18 heavy (non-hydrogen) atoms. The van der Waals surface area contributed by atoms with E-state index in [9.17, 15) is 0 Å². The molecule has 0 unspecified atom stereocenters. The van der Waals surface area contributed by atoms with Gasteiger partial charge in [0.25, 0.3) is 0 Å². The van der Waals surface area contributed by atoms with Crippen LogP contribution < -0.4 is 11.1 Å². The van der Waals surface area contributed by atoms with Crippen LogP contribution in [-0.4, -0.2) is 11.5 Å². The van der Waals surface area contributed by atoms with Crippen LogP contribution in [0.3, 0.4) is 0 Å². The predicted octanol–water partition coefficient (Wildman–Crippen LogP) is 4.08. The zero-order valence-corrected chi connectivity index (χ0v) is 13.0. The van der Waals surface area contributed by atoms with Gasteiger partial charge in [0, 0.05) is 22.3 Å². The van der Waals surface area contributed by atoms with E-state index in [2.05, 4.69) is 28.2 Å². The van der Waals surface area contributed by atoms with Gasteiger partial charge in [-0.3, -0.25) is 0 Å². The third-order valence-electron chi connectivity index (χ3n) is 3.64. The van der Waals surface area contributed by atoms with Crippen molar-refractivity contribution in [2.24, 2.45) is 11.1 Å². The largest absolute Gasteiger partial charge is 0.389 e. The highest BCUT2D eigenvalue weighted by Gasteiger charge is 2.41. The molecule has 2 nitrogen and oxygen atoms in total. The Kier molecular flexibility index (Phi) is 4.28. The molecule has 0 bridgehead atoms. The molecule has 1 aliphatic rings. The van der Waals surface area contributed by atoms with Gasteiger partial charge in [-0.2, -0.15) is 0 Å². The summed E-state index contributed by atoms with van der Waals surface area (Å²) in [7, 11) is 0. The lowest BCUT2D eigenvalue weighted by atomic mass is 10.0. The fourth-order valence-electron chi connectivity index (χ4n) is 2.32. The number of hydrogen-bond acceptors (Lipinski definition) is 2. The Hall–Kier alpha value is -0.610. The number of halogens is 1. The number of anilines is 1. The second-order valence-corrected chi connectivity index (χ2v) is 6.46. The molecule has 3 N–H and O–H groups in total. The smallest absolute Gasteiger partial charge is 0.104 e. The standard InChI is InChI=1S/C14H19BrN2S/c1-2-5-14(6-7-14)9-17-12-4-3-10(13(16)18)8-11(12)15/h3-4,8,17H,2,5-7,9H2,1H3,(H2,16,18). The Bertz CT molecular complexity index is 455. The van der Waals surface area contributed by atoms with Crippen LogP contribution >= 0.6 is 28.1 Å². The summed E-state index contributed by atoms with van der Waals surface area (Å²) in [5.74, 6) is 0. The third kappa shape index (κ3) is 3.23. The highest BCUT2D eigenvalue weighted by molar-refractivity contribution is 9.10. The van der Waals surface area contributed by atoms with Crippen molar-refractivity contribution in [3.63, 3.8) is 0 Å². The number of hydrogen-bond donors (Lipinski definition) is 2. The van der Waals surface area contributed by atoms with Crippen LogP contribution in [0.1, 0.15) is 38.2 Å². The molecular weight excluding hydrogens is 308 g/mol. The highest BCUT2D eigenvalue weighted by atomic mass is 79.9. The molecule has 0 radical (unpaired) electrons. The second kappa shape index (κ2) is 5.57. The lowest BCUT2D eigenvalue weighted by molar-refractivity contribution is 0.485.